The lowest BCUT2D eigenvalue weighted by molar-refractivity contribution is 0.288. The summed E-state index contributed by atoms with van der Waals surface area (Å²) in [4.78, 5) is 8.38. The normalized spacial score (nSPS) is 10.5. The van der Waals surface area contributed by atoms with Gasteiger partial charge in [-0.05, 0) is 30.3 Å². The van der Waals surface area contributed by atoms with Crippen molar-refractivity contribution < 1.29 is 9.13 Å². The molecule has 2 heterocycles. The van der Waals surface area contributed by atoms with Crippen molar-refractivity contribution in [3.63, 3.8) is 0 Å². The van der Waals surface area contributed by atoms with Crippen LogP contribution in [0.1, 0.15) is 5.56 Å². The number of hydrogen-bond donors (Lipinski definition) is 0. The fraction of sp³-hybridized carbons (Fsp3) is 0.0588. The topological polar surface area (TPSA) is 35.0 Å². The molecule has 110 valence electrons. The highest BCUT2D eigenvalue weighted by atomic mass is 35.5. The first kappa shape index (κ1) is 14.5. The zero-order valence-electron chi connectivity index (χ0n) is 11.5. The first-order chi connectivity index (χ1) is 10.7. The van der Waals surface area contributed by atoms with Gasteiger partial charge in [0.1, 0.15) is 12.4 Å². The van der Waals surface area contributed by atoms with Gasteiger partial charge in [0, 0.05) is 34.6 Å². The van der Waals surface area contributed by atoms with Gasteiger partial charge in [-0.2, -0.15) is 0 Å². The van der Waals surface area contributed by atoms with Gasteiger partial charge >= 0.3 is 0 Å². The van der Waals surface area contributed by atoms with E-state index in [4.69, 9.17) is 16.3 Å². The number of rotatable bonds is 4. The Kier molecular flexibility index (Phi) is 4.30. The van der Waals surface area contributed by atoms with E-state index in [0.717, 1.165) is 11.3 Å². The van der Waals surface area contributed by atoms with Crippen molar-refractivity contribution in [1.29, 1.82) is 0 Å². The molecular weight excluding hydrogens is 303 g/mol. The molecule has 0 bridgehead atoms. The molecule has 1 aromatic carbocycles. The molecule has 0 radical (unpaired) electrons. The van der Waals surface area contributed by atoms with E-state index in [1.54, 1.807) is 30.6 Å². The summed E-state index contributed by atoms with van der Waals surface area (Å²) in [6.45, 7) is 0.0931. The Hall–Kier alpha value is -2.46. The minimum absolute atomic E-state index is 0.0931. The first-order valence-corrected chi connectivity index (χ1v) is 7.04. The Morgan fingerprint density at radius 1 is 1.05 bits per heavy atom. The van der Waals surface area contributed by atoms with Crippen LogP contribution in [0, 0.1) is 5.82 Å². The highest BCUT2D eigenvalue weighted by Crippen LogP contribution is 2.20. The van der Waals surface area contributed by atoms with E-state index in [1.165, 1.54) is 6.07 Å². The van der Waals surface area contributed by atoms with Crippen molar-refractivity contribution in [2.75, 3.05) is 0 Å². The van der Waals surface area contributed by atoms with Crippen LogP contribution in [0.4, 0.5) is 4.39 Å². The van der Waals surface area contributed by atoms with Crippen LogP contribution in [-0.2, 0) is 6.61 Å². The average Bonchev–Trinajstić information content (AvgIpc) is 2.55. The lowest BCUT2D eigenvalue weighted by atomic mass is 10.2. The lowest BCUT2D eigenvalue weighted by Gasteiger charge is -2.08. The maximum absolute atomic E-state index is 13.7. The van der Waals surface area contributed by atoms with E-state index >= 15 is 0 Å². The van der Waals surface area contributed by atoms with Crippen LogP contribution >= 0.6 is 11.6 Å². The molecule has 0 atom stereocenters. The number of aromatic nitrogens is 2. The zero-order valence-corrected chi connectivity index (χ0v) is 12.3. The van der Waals surface area contributed by atoms with Gasteiger partial charge < -0.3 is 4.74 Å². The van der Waals surface area contributed by atoms with Crippen molar-refractivity contribution in [2.45, 2.75) is 6.61 Å². The Morgan fingerprint density at radius 2 is 1.86 bits per heavy atom. The van der Waals surface area contributed by atoms with Gasteiger partial charge in [-0.3, -0.25) is 4.98 Å². The molecule has 0 spiro atoms. The summed E-state index contributed by atoms with van der Waals surface area (Å²) in [5, 5.41) is 0.360. The van der Waals surface area contributed by atoms with Crippen LogP contribution in [0.25, 0.3) is 11.3 Å². The largest absolute Gasteiger partial charge is 0.473 e. The molecular formula is C17H12ClFN2O. The molecule has 0 unspecified atom stereocenters. The third-order valence-electron chi connectivity index (χ3n) is 3.09. The fourth-order valence-electron chi connectivity index (χ4n) is 1.97. The van der Waals surface area contributed by atoms with Crippen LogP contribution in [-0.4, -0.2) is 9.97 Å². The van der Waals surface area contributed by atoms with Gasteiger partial charge in [0.05, 0.1) is 5.69 Å². The predicted molar refractivity (Wildman–Crippen MR) is 83.2 cm³/mol. The molecule has 0 aliphatic rings. The van der Waals surface area contributed by atoms with E-state index < -0.39 is 5.82 Å². The van der Waals surface area contributed by atoms with Gasteiger partial charge in [-0.1, -0.05) is 23.7 Å². The summed E-state index contributed by atoms with van der Waals surface area (Å²) in [5.74, 6) is 0.0430. The van der Waals surface area contributed by atoms with E-state index in [2.05, 4.69) is 9.97 Å². The predicted octanol–water partition coefficient (Wildman–Crippen LogP) is 4.52. The summed E-state index contributed by atoms with van der Waals surface area (Å²) in [6.07, 6.45) is 3.40. The van der Waals surface area contributed by atoms with Gasteiger partial charge in [0.2, 0.25) is 5.88 Å². The number of hydrogen-bond acceptors (Lipinski definition) is 3. The average molecular weight is 315 g/mol. The second-order valence-corrected chi connectivity index (χ2v) is 5.06. The van der Waals surface area contributed by atoms with Crippen LogP contribution in [0.15, 0.2) is 60.9 Å². The zero-order chi connectivity index (χ0) is 15.4. The van der Waals surface area contributed by atoms with Crippen molar-refractivity contribution >= 4 is 11.6 Å². The van der Waals surface area contributed by atoms with Gasteiger partial charge in [-0.15, -0.1) is 0 Å². The highest BCUT2D eigenvalue weighted by molar-refractivity contribution is 6.30. The maximum Gasteiger partial charge on any atom is 0.214 e. The van der Waals surface area contributed by atoms with E-state index in [0.29, 0.717) is 16.5 Å². The minimum Gasteiger partial charge on any atom is -0.473 e. The Labute approximate surface area is 132 Å². The number of ether oxygens (including phenoxy) is 1. The summed E-state index contributed by atoms with van der Waals surface area (Å²) in [5.41, 5.74) is 2.15. The van der Waals surface area contributed by atoms with E-state index in [1.807, 2.05) is 24.3 Å². The molecule has 0 fully saturated rings. The number of benzene rings is 1. The SMILES string of the molecule is Fc1cc(Cl)ccc1COc1cccc(-c2ccncc2)n1. The number of nitrogens with zero attached hydrogens (tertiary/aromatic N) is 2. The fourth-order valence-corrected chi connectivity index (χ4v) is 2.13. The molecule has 0 saturated heterocycles. The molecule has 3 rings (SSSR count). The smallest absolute Gasteiger partial charge is 0.214 e. The Balaban J connectivity index is 1.76. The van der Waals surface area contributed by atoms with Crippen LogP contribution in [0.5, 0.6) is 5.88 Å². The monoisotopic (exact) mass is 314 g/mol. The molecule has 3 nitrogen and oxygen atoms in total. The first-order valence-electron chi connectivity index (χ1n) is 6.66. The quantitative estimate of drug-likeness (QED) is 0.710. The standard InChI is InChI=1S/C17H12ClFN2O/c18-14-5-4-13(15(19)10-14)11-22-17-3-1-2-16(21-17)12-6-8-20-9-7-12/h1-10H,11H2. The van der Waals surface area contributed by atoms with E-state index in [-0.39, 0.29) is 6.61 Å². The van der Waals surface area contributed by atoms with Gasteiger partial charge in [-0.25, -0.2) is 9.37 Å². The van der Waals surface area contributed by atoms with Crippen LogP contribution < -0.4 is 4.74 Å². The van der Waals surface area contributed by atoms with Crippen LogP contribution in [0.2, 0.25) is 5.02 Å². The van der Waals surface area contributed by atoms with E-state index in [9.17, 15) is 4.39 Å². The molecule has 0 N–H and O–H groups in total. The third-order valence-corrected chi connectivity index (χ3v) is 3.33. The molecule has 0 saturated carbocycles. The Bertz CT molecular complexity index is 781. The van der Waals surface area contributed by atoms with Crippen molar-refractivity contribution in [2.24, 2.45) is 0 Å². The number of halogens is 2. The molecule has 3 aromatic rings. The third kappa shape index (κ3) is 3.40. The molecule has 0 amide bonds. The summed E-state index contributed by atoms with van der Waals surface area (Å²) < 4.78 is 19.3. The second kappa shape index (κ2) is 6.54. The summed E-state index contributed by atoms with van der Waals surface area (Å²) in [6, 6.07) is 13.7. The van der Waals surface area contributed by atoms with Crippen molar-refractivity contribution in [1.82, 2.24) is 9.97 Å². The second-order valence-electron chi connectivity index (χ2n) is 4.62. The summed E-state index contributed by atoms with van der Waals surface area (Å²) in [7, 11) is 0. The molecule has 22 heavy (non-hydrogen) atoms. The highest BCUT2D eigenvalue weighted by Gasteiger charge is 2.06. The molecule has 0 aliphatic carbocycles. The number of pyridine rings is 2. The molecule has 2 aromatic heterocycles. The summed E-state index contributed by atoms with van der Waals surface area (Å²) >= 11 is 5.72. The lowest BCUT2D eigenvalue weighted by Crippen LogP contribution is -2.00. The maximum atomic E-state index is 13.7. The van der Waals surface area contributed by atoms with Crippen molar-refractivity contribution in [3.8, 4) is 17.1 Å². The van der Waals surface area contributed by atoms with Gasteiger partial charge in [0.15, 0.2) is 0 Å². The Morgan fingerprint density at radius 3 is 2.64 bits per heavy atom. The van der Waals surface area contributed by atoms with Gasteiger partial charge in [0.25, 0.3) is 0 Å². The molecule has 5 heteroatoms. The minimum atomic E-state index is -0.391. The van der Waals surface area contributed by atoms with Crippen molar-refractivity contribution in [3.05, 3.63) is 77.3 Å². The van der Waals surface area contributed by atoms with Crippen LogP contribution in [0.3, 0.4) is 0 Å². The molecule has 0 aliphatic heterocycles.